The molecule has 0 fully saturated rings. The number of benzene rings is 3. The molecule has 3 aromatic carbocycles. The number of rotatable bonds is 12. The number of hydrogen-bond donors (Lipinski definition) is 2. The van der Waals surface area contributed by atoms with Crippen molar-refractivity contribution in [2.45, 2.75) is 47.5 Å². The summed E-state index contributed by atoms with van der Waals surface area (Å²) < 4.78 is 23.9. The Hall–Kier alpha value is -4.78. The Morgan fingerprint density at radius 1 is 0.957 bits per heavy atom. The molecule has 9 nitrogen and oxygen atoms in total. The van der Waals surface area contributed by atoms with Crippen molar-refractivity contribution in [3.8, 4) is 40.2 Å². The third-order valence-electron chi connectivity index (χ3n) is 7.11. The summed E-state index contributed by atoms with van der Waals surface area (Å²) in [5.41, 5.74) is 6.25. The van der Waals surface area contributed by atoms with Crippen molar-refractivity contribution >= 4 is 17.5 Å². The lowest BCUT2D eigenvalue weighted by atomic mass is 9.96. The fourth-order valence-corrected chi connectivity index (χ4v) is 5.06. The predicted octanol–water partition coefficient (Wildman–Crippen LogP) is 6.76. The average Bonchev–Trinajstić information content (AvgIpc) is 3.08. The molecule has 4 aromatic rings. The molecule has 0 atom stereocenters. The third kappa shape index (κ3) is 9.13. The molecule has 0 saturated carbocycles. The summed E-state index contributed by atoms with van der Waals surface area (Å²) in [5, 5.41) is 15.7. The standard InChI is InChI=1S/C34H33ClN4O5.C2H6/c1-22-27(4-3-5-29(22)26-6-7-31-34(14-26)42-11-10-41-31)21-44-33-15-32(43-20-25-12-24(16-36)17-38-18-25)28(13-30(33)35)19-37-8-9-39-23(2)40;1-2/h3-7,12-15,17-18,37H,8-11,19-21H2,1-2H3,(H,39,40);1-2H3. The second-order valence-corrected chi connectivity index (χ2v) is 10.7. The van der Waals surface area contributed by atoms with Crippen molar-refractivity contribution in [2.75, 3.05) is 26.3 Å². The summed E-state index contributed by atoms with van der Waals surface area (Å²) in [4.78, 5) is 15.3. The average molecular weight is 643 g/mol. The Labute approximate surface area is 275 Å². The van der Waals surface area contributed by atoms with Gasteiger partial charge in [0.05, 0.1) is 10.6 Å². The van der Waals surface area contributed by atoms with Gasteiger partial charge in [-0.05, 0) is 53.4 Å². The van der Waals surface area contributed by atoms with E-state index in [-0.39, 0.29) is 12.5 Å². The van der Waals surface area contributed by atoms with Crippen LogP contribution in [0, 0.1) is 18.3 Å². The number of pyridine rings is 1. The molecular formula is C36H39ClN4O5. The van der Waals surface area contributed by atoms with Gasteiger partial charge in [0.1, 0.15) is 44.0 Å². The Morgan fingerprint density at radius 3 is 2.52 bits per heavy atom. The largest absolute Gasteiger partial charge is 0.488 e. The number of halogens is 1. The van der Waals surface area contributed by atoms with Gasteiger partial charge in [-0.3, -0.25) is 9.78 Å². The normalized spacial score (nSPS) is 11.5. The van der Waals surface area contributed by atoms with Gasteiger partial charge in [0, 0.05) is 56.1 Å². The number of ether oxygens (including phenoxy) is 4. The van der Waals surface area contributed by atoms with Crippen LogP contribution in [0.25, 0.3) is 11.1 Å². The van der Waals surface area contributed by atoms with Crippen molar-refractivity contribution in [1.82, 2.24) is 15.6 Å². The van der Waals surface area contributed by atoms with Crippen LogP contribution in [0.1, 0.15) is 48.6 Å². The van der Waals surface area contributed by atoms with Gasteiger partial charge in [-0.15, -0.1) is 0 Å². The lowest BCUT2D eigenvalue weighted by Gasteiger charge is -2.20. The summed E-state index contributed by atoms with van der Waals surface area (Å²) in [7, 11) is 0. The molecule has 0 radical (unpaired) electrons. The summed E-state index contributed by atoms with van der Waals surface area (Å²) in [5.74, 6) is 2.48. The third-order valence-corrected chi connectivity index (χ3v) is 7.40. The van der Waals surface area contributed by atoms with E-state index in [0.717, 1.165) is 44.9 Å². The fraction of sp³-hybridized carbons (Fsp3) is 0.306. The first-order chi connectivity index (χ1) is 22.4. The molecule has 1 aliphatic heterocycles. The molecule has 240 valence electrons. The molecule has 5 rings (SSSR count). The molecule has 0 spiro atoms. The quantitative estimate of drug-likeness (QED) is 0.163. The first-order valence-corrected chi connectivity index (χ1v) is 15.6. The number of aromatic nitrogens is 1. The summed E-state index contributed by atoms with van der Waals surface area (Å²) in [6.07, 6.45) is 3.17. The molecule has 10 heteroatoms. The van der Waals surface area contributed by atoms with E-state index in [9.17, 15) is 10.1 Å². The van der Waals surface area contributed by atoms with Gasteiger partial charge >= 0.3 is 0 Å². The first-order valence-electron chi connectivity index (χ1n) is 15.3. The number of carbonyl (C=O) groups excluding carboxylic acids is 1. The van der Waals surface area contributed by atoms with Crippen LogP contribution in [0.2, 0.25) is 5.02 Å². The van der Waals surface area contributed by atoms with Crippen molar-refractivity contribution < 1.29 is 23.7 Å². The molecular weight excluding hydrogens is 604 g/mol. The van der Waals surface area contributed by atoms with E-state index in [1.807, 2.05) is 50.2 Å². The van der Waals surface area contributed by atoms with Gasteiger partial charge in [0.2, 0.25) is 5.91 Å². The van der Waals surface area contributed by atoms with Crippen molar-refractivity contribution in [3.63, 3.8) is 0 Å². The van der Waals surface area contributed by atoms with Gasteiger partial charge < -0.3 is 29.6 Å². The van der Waals surface area contributed by atoms with Crippen LogP contribution in [0.5, 0.6) is 23.0 Å². The number of carbonyl (C=O) groups is 1. The molecule has 2 heterocycles. The van der Waals surface area contributed by atoms with E-state index in [2.05, 4.69) is 34.7 Å². The zero-order valence-corrected chi connectivity index (χ0v) is 27.4. The fourth-order valence-electron chi connectivity index (χ4n) is 4.82. The second kappa shape index (κ2) is 17.1. The van der Waals surface area contributed by atoms with E-state index in [0.29, 0.717) is 61.5 Å². The number of nitriles is 1. The Kier molecular flexibility index (Phi) is 12.6. The smallest absolute Gasteiger partial charge is 0.216 e. The van der Waals surface area contributed by atoms with Crippen LogP contribution < -0.4 is 29.6 Å². The van der Waals surface area contributed by atoms with Crippen LogP contribution in [0.4, 0.5) is 0 Å². The predicted molar refractivity (Wildman–Crippen MR) is 178 cm³/mol. The molecule has 2 N–H and O–H groups in total. The SMILES string of the molecule is CC.CC(=O)NCCNCc1cc(Cl)c(OCc2cccc(-c3ccc4c(c3)OCCO4)c2C)cc1OCc1cncc(C#N)c1. The highest BCUT2D eigenvalue weighted by molar-refractivity contribution is 6.32. The maximum atomic E-state index is 11.2. The number of fused-ring (bicyclic) bond motifs is 1. The minimum atomic E-state index is -0.0827. The van der Waals surface area contributed by atoms with E-state index < -0.39 is 0 Å². The summed E-state index contributed by atoms with van der Waals surface area (Å²) in [6, 6.07) is 19.5. The Bertz CT molecular complexity index is 1690. The van der Waals surface area contributed by atoms with Crippen molar-refractivity contribution in [2.24, 2.45) is 0 Å². The first kappa shape index (κ1) is 34.1. The van der Waals surface area contributed by atoms with Crippen LogP contribution in [0.15, 0.2) is 67.0 Å². The Balaban J connectivity index is 0.00000235. The van der Waals surface area contributed by atoms with Gasteiger partial charge in [0.15, 0.2) is 11.5 Å². The molecule has 1 aliphatic rings. The minimum Gasteiger partial charge on any atom is -0.488 e. The molecule has 0 saturated heterocycles. The number of hydrogen-bond acceptors (Lipinski definition) is 8. The summed E-state index contributed by atoms with van der Waals surface area (Å²) >= 11 is 6.70. The summed E-state index contributed by atoms with van der Waals surface area (Å²) in [6.45, 7) is 10.7. The van der Waals surface area contributed by atoms with Crippen LogP contribution >= 0.6 is 11.6 Å². The number of amides is 1. The molecule has 0 unspecified atom stereocenters. The molecule has 0 bridgehead atoms. The maximum absolute atomic E-state index is 11.2. The zero-order chi connectivity index (χ0) is 32.9. The van der Waals surface area contributed by atoms with Gasteiger partial charge in [-0.1, -0.05) is 49.7 Å². The zero-order valence-electron chi connectivity index (χ0n) is 26.6. The molecule has 46 heavy (non-hydrogen) atoms. The molecule has 1 amide bonds. The van der Waals surface area contributed by atoms with E-state index in [1.165, 1.54) is 13.1 Å². The van der Waals surface area contributed by atoms with Crippen molar-refractivity contribution in [1.29, 1.82) is 5.26 Å². The van der Waals surface area contributed by atoms with Crippen LogP contribution in [-0.4, -0.2) is 37.2 Å². The van der Waals surface area contributed by atoms with E-state index >= 15 is 0 Å². The molecule has 0 aliphatic carbocycles. The highest BCUT2D eigenvalue weighted by atomic mass is 35.5. The maximum Gasteiger partial charge on any atom is 0.216 e. The lowest BCUT2D eigenvalue weighted by Crippen LogP contribution is -2.30. The van der Waals surface area contributed by atoms with Gasteiger partial charge in [-0.2, -0.15) is 5.26 Å². The van der Waals surface area contributed by atoms with Gasteiger partial charge in [-0.25, -0.2) is 0 Å². The van der Waals surface area contributed by atoms with E-state index in [4.69, 9.17) is 30.5 Å². The molecule has 1 aromatic heterocycles. The Morgan fingerprint density at radius 2 is 1.74 bits per heavy atom. The minimum absolute atomic E-state index is 0.0827. The van der Waals surface area contributed by atoms with Crippen LogP contribution in [-0.2, 0) is 24.6 Å². The monoisotopic (exact) mass is 642 g/mol. The van der Waals surface area contributed by atoms with E-state index in [1.54, 1.807) is 18.3 Å². The van der Waals surface area contributed by atoms with Crippen molar-refractivity contribution in [3.05, 3.63) is 99.8 Å². The van der Waals surface area contributed by atoms with Gasteiger partial charge in [0.25, 0.3) is 0 Å². The highest BCUT2D eigenvalue weighted by Gasteiger charge is 2.16. The lowest BCUT2D eigenvalue weighted by molar-refractivity contribution is -0.118. The number of nitrogens with one attached hydrogen (secondary N) is 2. The second-order valence-electron chi connectivity index (χ2n) is 10.3. The topological polar surface area (TPSA) is 115 Å². The number of nitrogens with zero attached hydrogens (tertiary/aromatic N) is 2. The van der Waals surface area contributed by atoms with Crippen LogP contribution in [0.3, 0.4) is 0 Å². The highest BCUT2D eigenvalue weighted by Crippen LogP contribution is 2.37.